The van der Waals surface area contributed by atoms with E-state index in [2.05, 4.69) is 5.43 Å². The molecule has 0 saturated carbocycles. The van der Waals surface area contributed by atoms with E-state index < -0.39 is 33.7 Å². The van der Waals surface area contributed by atoms with Crippen LogP contribution in [0.3, 0.4) is 0 Å². The standard InChI is InChI=1S/C20H33N3O5S/c1-14(2)11-17(19(24)21-23(13-15(3)4)29(5,27)28)18(20(25)22-26)12-16-9-7-6-8-10-16/h6-10,14-15,17-18,26H,11-13H2,1-5H3,(H,21,24)(H,22,25)/t17-,18+/m1/s1. The summed E-state index contributed by atoms with van der Waals surface area (Å²) in [6, 6.07) is 9.18. The van der Waals surface area contributed by atoms with Gasteiger partial charge in [0.15, 0.2) is 0 Å². The van der Waals surface area contributed by atoms with Crippen molar-refractivity contribution in [3.8, 4) is 0 Å². The molecule has 9 heteroatoms. The third-order valence-electron chi connectivity index (χ3n) is 4.46. The number of carbonyl (C=O) groups is 2. The molecule has 0 aliphatic rings. The molecule has 0 fully saturated rings. The molecule has 0 aromatic heterocycles. The van der Waals surface area contributed by atoms with Crippen molar-refractivity contribution in [3.05, 3.63) is 35.9 Å². The van der Waals surface area contributed by atoms with Gasteiger partial charge in [-0.25, -0.2) is 13.9 Å². The van der Waals surface area contributed by atoms with Gasteiger partial charge in [0.25, 0.3) is 0 Å². The minimum absolute atomic E-state index is 0.00516. The van der Waals surface area contributed by atoms with Gasteiger partial charge >= 0.3 is 0 Å². The second-order valence-electron chi connectivity index (χ2n) is 8.17. The Hall–Kier alpha value is -1.97. The van der Waals surface area contributed by atoms with E-state index in [9.17, 15) is 23.2 Å². The molecule has 8 nitrogen and oxygen atoms in total. The van der Waals surface area contributed by atoms with Gasteiger partial charge in [0.2, 0.25) is 21.8 Å². The first-order chi connectivity index (χ1) is 13.5. The van der Waals surface area contributed by atoms with Crippen LogP contribution in [0.4, 0.5) is 0 Å². The van der Waals surface area contributed by atoms with Crippen molar-refractivity contribution < 1.29 is 23.2 Å². The lowest BCUT2D eigenvalue weighted by Gasteiger charge is -2.29. The van der Waals surface area contributed by atoms with Crippen molar-refractivity contribution >= 4 is 21.8 Å². The second-order valence-corrected chi connectivity index (χ2v) is 10.1. The second kappa shape index (κ2) is 11.3. The number of carbonyl (C=O) groups excluding carboxylic acids is 2. The molecule has 0 radical (unpaired) electrons. The van der Waals surface area contributed by atoms with Gasteiger partial charge in [0.1, 0.15) is 0 Å². The predicted molar refractivity (Wildman–Crippen MR) is 111 cm³/mol. The van der Waals surface area contributed by atoms with Crippen LogP contribution < -0.4 is 10.9 Å². The number of amides is 2. The van der Waals surface area contributed by atoms with E-state index >= 15 is 0 Å². The highest BCUT2D eigenvalue weighted by Crippen LogP contribution is 2.25. The summed E-state index contributed by atoms with van der Waals surface area (Å²) in [5, 5.41) is 9.24. The molecule has 1 aromatic rings. The van der Waals surface area contributed by atoms with Crippen molar-refractivity contribution in [3.63, 3.8) is 0 Å². The molecular formula is C20H33N3O5S. The van der Waals surface area contributed by atoms with Crippen LogP contribution in [0.1, 0.15) is 39.7 Å². The molecule has 0 unspecified atom stereocenters. The zero-order valence-corrected chi connectivity index (χ0v) is 18.6. The number of rotatable bonds is 11. The number of benzene rings is 1. The van der Waals surface area contributed by atoms with Crippen molar-refractivity contribution in [1.29, 1.82) is 0 Å². The Bertz CT molecular complexity index is 766. The van der Waals surface area contributed by atoms with Gasteiger partial charge in [-0.1, -0.05) is 58.0 Å². The fourth-order valence-electron chi connectivity index (χ4n) is 3.13. The lowest BCUT2D eigenvalue weighted by Crippen LogP contribution is -2.52. The molecular weight excluding hydrogens is 394 g/mol. The van der Waals surface area contributed by atoms with Crippen LogP contribution >= 0.6 is 0 Å². The Morgan fingerprint density at radius 1 is 1.00 bits per heavy atom. The van der Waals surface area contributed by atoms with Gasteiger partial charge < -0.3 is 0 Å². The van der Waals surface area contributed by atoms with E-state index in [4.69, 9.17) is 0 Å². The maximum absolute atomic E-state index is 13.1. The van der Waals surface area contributed by atoms with Gasteiger partial charge in [-0.2, -0.15) is 0 Å². The zero-order valence-electron chi connectivity index (χ0n) is 17.8. The summed E-state index contributed by atoms with van der Waals surface area (Å²) < 4.78 is 25.1. The van der Waals surface area contributed by atoms with E-state index in [1.54, 1.807) is 5.48 Å². The summed E-state index contributed by atoms with van der Waals surface area (Å²) in [5.74, 6) is -2.84. The molecule has 0 aliphatic carbocycles. The van der Waals surface area contributed by atoms with Gasteiger partial charge in [-0.05, 0) is 30.2 Å². The third-order valence-corrected chi connectivity index (χ3v) is 5.50. The maximum atomic E-state index is 13.1. The quantitative estimate of drug-likeness (QED) is 0.369. The first kappa shape index (κ1) is 25.1. The Balaban J connectivity index is 3.20. The normalized spacial score (nSPS) is 14.1. The first-order valence-electron chi connectivity index (χ1n) is 9.71. The van der Waals surface area contributed by atoms with E-state index in [0.717, 1.165) is 16.2 Å². The molecule has 0 spiro atoms. The van der Waals surface area contributed by atoms with Gasteiger partial charge in [0.05, 0.1) is 18.1 Å². The topological polar surface area (TPSA) is 116 Å². The Labute approximate surface area is 173 Å². The summed E-state index contributed by atoms with van der Waals surface area (Å²) >= 11 is 0. The summed E-state index contributed by atoms with van der Waals surface area (Å²) in [7, 11) is -3.68. The van der Waals surface area contributed by atoms with Crippen LogP contribution in [0, 0.1) is 23.7 Å². The SMILES string of the molecule is CC(C)C[C@@H](C(=O)NN(CC(C)C)S(C)(=O)=O)[C@H](Cc1ccccc1)C(=O)NO. The monoisotopic (exact) mass is 427 g/mol. The molecule has 164 valence electrons. The molecule has 3 N–H and O–H groups in total. The number of hydroxylamine groups is 1. The molecule has 1 aromatic carbocycles. The van der Waals surface area contributed by atoms with Crippen molar-refractivity contribution in [2.24, 2.45) is 23.7 Å². The Kier molecular flexibility index (Phi) is 9.75. The highest BCUT2D eigenvalue weighted by atomic mass is 32.2. The fraction of sp³-hybridized carbons (Fsp3) is 0.600. The molecule has 29 heavy (non-hydrogen) atoms. The first-order valence-corrected chi connectivity index (χ1v) is 11.6. The van der Waals surface area contributed by atoms with Crippen molar-refractivity contribution in [1.82, 2.24) is 15.3 Å². The fourth-order valence-corrected chi connectivity index (χ4v) is 3.96. The van der Waals surface area contributed by atoms with Gasteiger partial charge in [0, 0.05) is 6.54 Å². The van der Waals surface area contributed by atoms with E-state index in [0.29, 0.717) is 6.42 Å². The molecule has 0 aliphatic heterocycles. The Morgan fingerprint density at radius 2 is 1.59 bits per heavy atom. The molecule has 2 atom stereocenters. The van der Waals surface area contributed by atoms with Gasteiger partial charge in [-0.3, -0.25) is 20.2 Å². The molecule has 0 saturated heterocycles. The zero-order chi connectivity index (χ0) is 22.2. The summed E-state index contributed by atoms with van der Waals surface area (Å²) in [6.45, 7) is 7.63. The van der Waals surface area contributed by atoms with Crippen LogP contribution in [0.25, 0.3) is 0 Å². The van der Waals surface area contributed by atoms with Crippen LogP contribution in [-0.2, 0) is 26.0 Å². The third kappa shape index (κ3) is 8.51. The highest BCUT2D eigenvalue weighted by molar-refractivity contribution is 7.88. The molecule has 0 bridgehead atoms. The van der Waals surface area contributed by atoms with Crippen LogP contribution in [-0.4, -0.2) is 42.7 Å². The average Bonchev–Trinajstić information content (AvgIpc) is 2.62. The average molecular weight is 428 g/mol. The lowest BCUT2D eigenvalue weighted by atomic mass is 9.80. The number of hydrogen-bond donors (Lipinski definition) is 3. The van der Waals surface area contributed by atoms with Crippen molar-refractivity contribution in [2.45, 2.75) is 40.5 Å². The smallest absolute Gasteiger partial charge is 0.247 e. The minimum Gasteiger partial charge on any atom is -0.289 e. The van der Waals surface area contributed by atoms with E-state index in [-0.39, 0.29) is 24.8 Å². The molecule has 0 heterocycles. The van der Waals surface area contributed by atoms with E-state index in [1.807, 2.05) is 58.0 Å². The number of nitrogens with one attached hydrogen (secondary N) is 2. The lowest BCUT2D eigenvalue weighted by molar-refractivity contribution is -0.142. The van der Waals surface area contributed by atoms with Crippen LogP contribution in [0.5, 0.6) is 0 Å². The largest absolute Gasteiger partial charge is 0.289 e. The van der Waals surface area contributed by atoms with E-state index in [1.165, 1.54) is 0 Å². The summed E-state index contributed by atoms with van der Waals surface area (Å²) in [4.78, 5) is 25.5. The number of nitrogens with zero attached hydrogens (tertiary/aromatic N) is 1. The van der Waals surface area contributed by atoms with Gasteiger partial charge in [-0.15, -0.1) is 4.41 Å². The highest BCUT2D eigenvalue weighted by Gasteiger charge is 2.36. The molecule has 1 rings (SSSR count). The van der Waals surface area contributed by atoms with Crippen LogP contribution in [0.2, 0.25) is 0 Å². The van der Waals surface area contributed by atoms with Crippen molar-refractivity contribution in [2.75, 3.05) is 12.8 Å². The number of hydrogen-bond acceptors (Lipinski definition) is 5. The predicted octanol–water partition coefficient (Wildman–Crippen LogP) is 1.96. The summed E-state index contributed by atoms with van der Waals surface area (Å²) in [5.41, 5.74) is 4.98. The molecule has 2 amide bonds. The maximum Gasteiger partial charge on any atom is 0.247 e. The van der Waals surface area contributed by atoms with Crippen LogP contribution in [0.15, 0.2) is 30.3 Å². The number of hydrazine groups is 1. The summed E-state index contributed by atoms with van der Waals surface area (Å²) in [6.07, 6.45) is 1.62. The number of sulfonamides is 1. The Morgan fingerprint density at radius 3 is 2.03 bits per heavy atom. The minimum atomic E-state index is -3.68.